The van der Waals surface area contributed by atoms with Crippen molar-refractivity contribution in [2.24, 2.45) is 11.8 Å². The highest BCUT2D eigenvalue weighted by Gasteiger charge is 2.23. The quantitative estimate of drug-likeness (QED) is 0.649. The molecule has 1 heteroatoms. The highest BCUT2D eigenvalue weighted by Crippen LogP contribution is 2.34. The summed E-state index contributed by atoms with van der Waals surface area (Å²) in [6, 6.07) is 0. The van der Waals surface area contributed by atoms with Crippen molar-refractivity contribution in [1.29, 1.82) is 0 Å². The van der Waals surface area contributed by atoms with Gasteiger partial charge in [-0.1, -0.05) is 39.5 Å². The minimum Gasteiger partial charge on any atom is -0.393 e. The predicted molar refractivity (Wildman–Crippen MR) is 52.0 cm³/mol. The van der Waals surface area contributed by atoms with E-state index in [0.29, 0.717) is 0 Å². The third kappa shape index (κ3) is 4.76. The van der Waals surface area contributed by atoms with Gasteiger partial charge in [0.1, 0.15) is 0 Å². The Kier molecular flexibility index (Phi) is 4.07. The lowest BCUT2D eigenvalue weighted by molar-refractivity contribution is 0.143. The zero-order valence-corrected chi connectivity index (χ0v) is 8.42. The third-order valence-corrected chi connectivity index (χ3v) is 2.62. The summed E-state index contributed by atoms with van der Waals surface area (Å²) in [7, 11) is 0. The van der Waals surface area contributed by atoms with Crippen LogP contribution in [0.15, 0.2) is 0 Å². The van der Waals surface area contributed by atoms with Crippen molar-refractivity contribution in [2.75, 3.05) is 0 Å². The first-order valence-corrected chi connectivity index (χ1v) is 5.36. The van der Waals surface area contributed by atoms with Crippen LogP contribution in [-0.4, -0.2) is 11.2 Å². The van der Waals surface area contributed by atoms with Crippen molar-refractivity contribution < 1.29 is 5.11 Å². The molecule has 12 heavy (non-hydrogen) atoms. The van der Waals surface area contributed by atoms with Gasteiger partial charge in [0.25, 0.3) is 0 Å². The maximum atomic E-state index is 9.57. The Morgan fingerprint density at radius 2 is 1.92 bits per heavy atom. The van der Waals surface area contributed by atoms with Gasteiger partial charge in [-0.05, 0) is 24.7 Å². The summed E-state index contributed by atoms with van der Waals surface area (Å²) in [6.45, 7) is 4.49. The first-order valence-electron chi connectivity index (χ1n) is 5.36. The predicted octanol–water partition coefficient (Wildman–Crippen LogP) is 2.97. The molecule has 1 fully saturated rings. The summed E-state index contributed by atoms with van der Waals surface area (Å²) >= 11 is 0. The first kappa shape index (κ1) is 10.0. The monoisotopic (exact) mass is 170 g/mol. The number of rotatable bonds is 6. The Labute approximate surface area is 76.2 Å². The van der Waals surface area contributed by atoms with Crippen LogP contribution in [0, 0.1) is 11.8 Å². The molecule has 0 aromatic heterocycles. The van der Waals surface area contributed by atoms with Crippen molar-refractivity contribution in [1.82, 2.24) is 0 Å². The van der Waals surface area contributed by atoms with Crippen LogP contribution < -0.4 is 0 Å². The molecule has 1 N–H and O–H groups in total. The molecule has 1 unspecified atom stereocenters. The van der Waals surface area contributed by atoms with Gasteiger partial charge in [-0.2, -0.15) is 0 Å². The van der Waals surface area contributed by atoms with E-state index in [1.165, 1.54) is 25.7 Å². The van der Waals surface area contributed by atoms with E-state index >= 15 is 0 Å². The molecule has 0 spiro atoms. The minimum atomic E-state index is -0.00347. The van der Waals surface area contributed by atoms with Gasteiger partial charge in [0.15, 0.2) is 0 Å². The van der Waals surface area contributed by atoms with E-state index in [2.05, 4.69) is 13.8 Å². The summed E-state index contributed by atoms with van der Waals surface area (Å²) in [5.41, 5.74) is 0. The van der Waals surface area contributed by atoms with Gasteiger partial charge >= 0.3 is 0 Å². The zero-order valence-electron chi connectivity index (χ0n) is 8.42. The molecular formula is C11H22O. The summed E-state index contributed by atoms with van der Waals surface area (Å²) in [6.07, 6.45) is 7.28. The Morgan fingerprint density at radius 1 is 1.25 bits per heavy atom. The van der Waals surface area contributed by atoms with Crippen LogP contribution in [0.25, 0.3) is 0 Å². The summed E-state index contributed by atoms with van der Waals surface area (Å²) in [5, 5.41) is 9.57. The number of hydrogen-bond donors (Lipinski definition) is 1. The number of aliphatic hydroxyl groups is 1. The maximum absolute atomic E-state index is 9.57. The van der Waals surface area contributed by atoms with Gasteiger partial charge in [-0.25, -0.2) is 0 Å². The second-order valence-corrected chi connectivity index (χ2v) is 4.66. The van der Waals surface area contributed by atoms with Crippen LogP contribution in [0.5, 0.6) is 0 Å². The zero-order chi connectivity index (χ0) is 8.97. The standard InChI is InChI=1S/C11H22O/c1-9(2)4-3-5-11(12)8-10-6-7-10/h9-12H,3-8H2,1-2H3. The third-order valence-electron chi connectivity index (χ3n) is 2.62. The molecule has 0 aromatic carbocycles. The highest BCUT2D eigenvalue weighted by molar-refractivity contribution is 4.76. The lowest BCUT2D eigenvalue weighted by Gasteiger charge is -2.10. The molecule has 0 heterocycles. The van der Waals surface area contributed by atoms with E-state index in [1.807, 2.05) is 0 Å². The summed E-state index contributed by atoms with van der Waals surface area (Å²) < 4.78 is 0. The average molecular weight is 170 g/mol. The van der Waals surface area contributed by atoms with E-state index in [0.717, 1.165) is 24.7 Å². The normalized spacial score (nSPS) is 20.0. The molecule has 0 bridgehead atoms. The minimum absolute atomic E-state index is 0.00347. The molecule has 0 saturated heterocycles. The molecule has 72 valence electrons. The molecule has 1 aliphatic rings. The smallest absolute Gasteiger partial charge is 0.0542 e. The lowest BCUT2D eigenvalue weighted by atomic mass is 10.0. The average Bonchev–Trinajstić information content (AvgIpc) is 2.70. The first-order chi connectivity index (χ1) is 5.68. The second kappa shape index (κ2) is 4.86. The van der Waals surface area contributed by atoms with Gasteiger partial charge in [-0.15, -0.1) is 0 Å². The van der Waals surface area contributed by atoms with E-state index < -0.39 is 0 Å². The van der Waals surface area contributed by atoms with Crippen molar-refractivity contribution in [2.45, 2.75) is 58.5 Å². The fourth-order valence-corrected chi connectivity index (χ4v) is 1.62. The van der Waals surface area contributed by atoms with Crippen LogP contribution >= 0.6 is 0 Å². The van der Waals surface area contributed by atoms with Crippen LogP contribution in [0.2, 0.25) is 0 Å². The number of hydrogen-bond acceptors (Lipinski definition) is 1. The van der Waals surface area contributed by atoms with E-state index in [1.54, 1.807) is 0 Å². The maximum Gasteiger partial charge on any atom is 0.0542 e. The SMILES string of the molecule is CC(C)CCCC(O)CC1CC1. The molecule has 0 radical (unpaired) electrons. The van der Waals surface area contributed by atoms with Gasteiger partial charge in [0.05, 0.1) is 6.10 Å². The van der Waals surface area contributed by atoms with E-state index in [-0.39, 0.29) is 6.10 Å². The van der Waals surface area contributed by atoms with Crippen LogP contribution in [-0.2, 0) is 0 Å². The molecule has 1 nitrogen and oxygen atoms in total. The Hall–Kier alpha value is -0.0400. The second-order valence-electron chi connectivity index (χ2n) is 4.66. The van der Waals surface area contributed by atoms with Crippen molar-refractivity contribution in [3.63, 3.8) is 0 Å². The Balaban J connectivity index is 1.90. The summed E-state index contributed by atoms with van der Waals surface area (Å²) in [5.74, 6) is 1.66. The van der Waals surface area contributed by atoms with Gasteiger partial charge in [-0.3, -0.25) is 0 Å². The molecule has 0 amide bonds. The van der Waals surface area contributed by atoms with Crippen LogP contribution in [0.1, 0.15) is 52.4 Å². The largest absolute Gasteiger partial charge is 0.393 e. The highest BCUT2D eigenvalue weighted by atomic mass is 16.3. The van der Waals surface area contributed by atoms with Crippen LogP contribution in [0.3, 0.4) is 0 Å². The fourth-order valence-electron chi connectivity index (χ4n) is 1.62. The molecular weight excluding hydrogens is 148 g/mol. The van der Waals surface area contributed by atoms with Gasteiger partial charge in [0.2, 0.25) is 0 Å². The van der Waals surface area contributed by atoms with Crippen molar-refractivity contribution in [3.05, 3.63) is 0 Å². The van der Waals surface area contributed by atoms with Crippen LogP contribution in [0.4, 0.5) is 0 Å². The van der Waals surface area contributed by atoms with E-state index in [9.17, 15) is 5.11 Å². The molecule has 0 aliphatic heterocycles. The number of aliphatic hydroxyl groups excluding tert-OH is 1. The lowest BCUT2D eigenvalue weighted by Crippen LogP contribution is -2.07. The molecule has 1 aliphatic carbocycles. The molecule has 1 saturated carbocycles. The summed E-state index contributed by atoms with van der Waals surface area (Å²) in [4.78, 5) is 0. The Bertz CT molecular complexity index is 116. The molecule has 0 aromatic rings. The van der Waals surface area contributed by atoms with Gasteiger partial charge in [0, 0.05) is 0 Å². The molecule has 1 rings (SSSR count). The fraction of sp³-hybridized carbons (Fsp3) is 1.00. The van der Waals surface area contributed by atoms with E-state index in [4.69, 9.17) is 0 Å². The Morgan fingerprint density at radius 3 is 2.42 bits per heavy atom. The van der Waals surface area contributed by atoms with Crippen molar-refractivity contribution >= 4 is 0 Å². The topological polar surface area (TPSA) is 20.2 Å². The van der Waals surface area contributed by atoms with Gasteiger partial charge < -0.3 is 5.11 Å². The van der Waals surface area contributed by atoms with Crippen molar-refractivity contribution in [3.8, 4) is 0 Å². The molecule has 1 atom stereocenters.